The molecule has 1 saturated heterocycles. The van der Waals surface area contributed by atoms with Crippen molar-refractivity contribution >= 4 is 23.5 Å². The minimum absolute atomic E-state index is 0.0434. The maximum absolute atomic E-state index is 11.6. The highest BCUT2D eigenvalue weighted by Crippen LogP contribution is 2.09. The van der Waals surface area contributed by atoms with Gasteiger partial charge in [0.25, 0.3) is 0 Å². The largest absolute Gasteiger partial charge is 0.377 e. The Bertz CT molecular complexity index is 248. The van der Waals surface area contributed by atoms with Crippen LogP contribution in [0.3, 0.4) is 0 Å². The summed E-state index contributed by atoms with van der Waals surface area (Å²) in [5.41, 5.74) is 0. The summed E-state index contributed by atoms with van der Waals surface area (Å²) in [5.74, 6) is -0.671. The number of amides is 3. The van der Waals surface area contributed by atoms with E-state index in [0.29, 0.717) is 19.8 Å². The number of ether oxygens (including phenoxy) is 1. The lowest BCUT2D eigenvalue weighted by Gasteiger charge is -2.34. The molecule has 5 nitrogen and oxygen atoms in total. The van der Waals surface area contributed by atoms with Crippen LogP contribution in [-0.2, 0) is 9.53 Å². The fraction of sp³-hybridized carbons (Fsp3) is 0.778. The van der Waals surface area contributed by atoms with Crippen molar-refractivity contribution < 1.29 is 14.3 Å². The van der Waals surface area contributed by atoms with Crippen molar-refractivity contribution in [3.05, 3.63) is 0 Å². The van der Waals surface area contributed by atoms with Gasteiger partial charge in [-0.05, 0) is 6.42 Å². The quantitative estimate of drug-likeness (QED) is 0.711. The predicted octanol–water partition coefficient (Wildman–Crippen LogP) is 0.572. The van der Waals surface area contributed by atoms with Gasteiger partial charge in [-0.1, -0.05) is 6.92 Å². The van der Waals surface area contributed by atoms with Gasteiger partial charge in [-0.25, -0.2) is 4.79 Å². The van der Waals surface area contributed by atoms with Crippen LogP contribution in [0.2, 0.25) is 0 Å². The van der Waals surface area contributed by atoms with Gasteiger partial charge in [0.05, 0.1) is 19.3 Å². The van der Waals surface area contributed by atoms with Crippen LogP contribution in [0.4, 0.5) is 4.79 Å². The van der Waals surface area contributed by atoms with Crippen molar-refractivity contribution in [2.24, 2.45) is 0 Å². The van der Waals surface area contributed by atoms with Crippen molar-refractivity contribution in [1.82, 2.24) is 10.2 Å². The van der Waals surface area contributed by atoms with E-state index in [1.165, 1.54) is 0 Å². The average molecular weight is 235 g/mol. The second kappa shape index (κ2) is 5.92. The molecule has 3 amide bonds. The molecular formula is C9H15ClN2O3. The van der Waals surface area contributed by atoms with Gasteiger partial charge in [0.15, 0.2) is 0 Å². The summed E-state index contributed by atoms with van der Waals surface area (Å²) in [6, 6.07) is -0.335. The first kappa shape index (κ1) is 12.3. The first-order valence-corrected chi connectivity index (χ1v) is 5.46. The molecule has 1 rings (SSSR count). The molecule has 0 aromatic heterocycles. The van der Waals surface area contributed by atoms with E-state index >= 15 is 0 Å². The van der Waals surface area contributed by atoms with Crippen molar-refractivity contribution in [1.29, 1.82) is 0 Å². The molecule has 1 aliphatic heterocycles. The molecule has 0 radical (unpaired) electrons. The molecule has 0 spiro atoms. The van der Waals surface area contributed by atoms with Gasteiger partial charge < -0.3 is 9.64 Å². The zero-order valence-corrected chi connectivity index (χ0v) is 9.42. The third-order valence-electron chi connectivity index (χ3n) is 2.33. The minimum Gasteiger partial charge on any atom is -0.377 e. The Morgan fingerprint density at radius 3 is 2.93 bits per heavy atom. The Balaban J connectivity index is 2.52. The zero-order chi connectivity index (χ0) is 11.3. The molecule has 1 N–H and O–H groups in total. The van der Waals surface area contributed by atoms with Gasteiger partial charge >= 0.3 is 6.03 Å². The second-order valence-corrected chi connectivity index (χ2v) is 3.58. The molecule has 1 atom stereocenters. The lowest BCUT2D eigenvalue weighted by atomic mass is 10.2. The number of hydrogen-bond donors (Lipinski definition) is 1. The molecule has 1 heterocycles. The smallest absolute Gasteiger partial charge is 0.324 e. The van der Waals surface area contributed by atoms with E-state index in [1.54, 1.807) is 4.90 Å². The Morgan fingerprint density at radius 2 is 2.33 bits per heavy atom. The molecule has 1 fully saturated rings. The maximum Gasteiger partial charge on any atom is 0.324 e. The third kappa shape index (κ3) is 3.35. The summed E-state index contributed by atoms with van der Waals surface area (Å²) in [7, 11) is 0. The number of alkyl halides is 1. The second-order valence-electron chi connectivity index (χ2n) is 3.32. The molecule has 0 aromatic carbocycles. The summed E-state index contributed by atoms with van der Waals surface area (Å²) >= 11 is 5.30. The molecule has 1 unspecified atom stereocenters. The summed E-state index contributed by atoms with van der Waals surface area (Å²) in [6.07, 6.45) is 0.808. The number of morpholine rings is 1. The predicted molar refractivity (Wildman–Crippen MR) is 55.9 cm³/mol. The van der Waals surface area contributed by atoms with E-state index in [2.05, 4.69) is 5.32 Å². The Morgan fingerprint density at radius 1 is 1.60 bits per heavy atom. The number of carbonyl (C=O) groups is 2. The van der Waals surface area contributed by atoms with E-state index in [4.69, 9.17) is 16.3 Å². The highest BCUT2D eigenvalue weighted by molar-refractivity contribution is 6.28. The maximum atomic E-state index is 11.6. The molecule has 0 aromatic rings. The van der Waals surface area contributed by atoms with E-state index in [9.17, 15) is 9.59 Å². The van der Waals surface area contributed by atoms with E-state index in [0.717, 1.165) is 6.42 Å². The number of halogens is 1. The zero-order valence-electron chi connectivity index (χ0n) is 8.66. The summed E-state index contributed by atoms with van der Waals surface area (Å²) in [4.78, 5) is 24.2. The Labute approximate surface area is 93.7 Å². The van der Waals surface area contributed by atoms with E-state index in [-0.39, 0.29) is 18.0 Å². The topological polar surface area (TPSA) is 58.6 Å². The molecule has 0 saturated carbocycles. The third-order valence-corrected chi connectivity index (χ3v) is 2.57. The monoisotopic (exact) mass is 234 g/mol. The first-order chi connectivity index (χ1) is 7.19. The lowest BCUT2D eigenvalue weighted by molar-refractivity contribution is -0.118. The summed E-state index contributed by atoms with van der Waals surface area (Å²) < 4.78 is 5.25. The number of urea groups is 1. The van der Waals surface area contributed by atoms with Crippen LogP contribution in [0.1, 0.15) is 13.3 Å². The van der Waals surface area contributed by atoms with Crippen LogP contribution >= 0.6 is 11.6 Å². The fourth-order valence-corrected chi connectivity index (χ4v) is 1.55. The van der Waals surface area contributed by atoms with Crippen LogP contribution < -0.4 is 5.32 Å². The normalized spacial score (nSPS) is 21.2. The number of nitrogens with zero attached hydrogens (tertiary/aromatic N) is 1. The highest BCUT2D eigenvalue weighted by Gasteiger charge is 2.26. The summed E-state index contributed by atoms with van der Waals surface area (Å²) in [6.45, 7) is 3.53. The molecular weight excluding hydrogens is 220 g/mol. The highest BCUT2D eigenvalue weighted by atomic mass is 35.5. The Kier molecular flexibility index (Phi) is 4.84. The van der Waals surface area contributed by atoms with Crippen LogP contribution in [0, 0.1) is 0 Å². The van der Waals surface area contributed by atoms with Gasteiger partial charge in [-0.3, -0.25) is 10.1 Å². The van der Waals surface area contributed by atoms with Gasteiger partial charge in [0.2, 0.25) is 5.91 Å². The number of nitrogens with one attached hydrogen (secondary N) is 1. The summed E-state index contributed by atoms with van der Waals surface area (Å²) in [5, 5.41) is 2.22. The van der Waals surface area contributed by atoms with Crippen molar-refractivity contribution in [2.75, 3.05) is 25.6 Å². The number of hydrogen-bond acceptors (Lipinski definition) is 3. The van der Waals surface area contributed by atoms with Crippen LogP contribution in [0.5, 0.6) is 0 Å². The van der Waals surface area contributed by atoms with Crippen molar-refractivity contribution in [3.63, 3.8) is 0 Å². The molecule has 6 heteroatoms. The van der Waals surface area contributed by atoms with Crippen molar-refractivity contribution in [3.8, 4) is 0 Å². The average Bonchev–Trinajstić information content (AvgIpc) is 2.28. The van der Waals surface area contributed by atoms with Gasteiger partial charge in [-0.2, -0.15) is 0 Å². The Hall–Kier alpha value is -0.810. The first-order valence-electron chi connectivity index (χ1n) is 4.93. The SMILES string of the molecule is CCC1COCCN1C(=O)NC(=O)CCl. The number of carbonyl (C=O) groups excluding carboxylic acids is 2. The molecule has 15 heavy (non-hydrogen) atoms. The standard InChI is InChI=1S/C9H15ClN2O3/c1-2-7-6-15-4-3-12(7)9(14)11-8(13)5-10/h7H,2-6H2,1H3,(H,11,13,14). The number of rotatable bonds is 2. The minimum atomic E-state index is -0.469. The fourth-order valence-electron chi connectivity index (χ4n) is 1.48. The van der Waals surface area contributed by atoms with E-state index < -0.39 is 5.91 Å². The van der Waals surface area contributed by atoms with Gasteiger partial charge in [-0.15, -0.1) is 11.6 Å². The van der Waals surface area contributed by atoms with Crippen molar-refractivity contribution in [2.45, 2.75) is 19.4 Å². The van der Waals surface area contributed by atoms with Crippen LogP contribution in [-0.4, -0.2) is 48.5 Å². The molecule has 0 bridgehead atoms. The van der Waals surface area contributed by atoms with Crippen LogP contribution in [0.15, 0.2) is 0 Å². The lowest BCUT2D eigenvalue weighted by Crippen LogP contribution is -2.53. The molecule has 86 valence electrons. The molecule has 0 aliphatic carbocycles. The van der Waals surface area contributed by atoms with Crippen LogP contribution in [0.25, 0.3) is 0 Å². The van der Waals surface area contributed by atoms with Gasteiger partial charge in [0.1, 0.15) is 5.88 Å². The van der Waals surface area contributed by atoms with E-state index in [1.807, 2.05) is 6.92 Å². The van der Waals surface area contributed by atoms with Gasteiger partial charge in [0, 0.05) is 6.54 Å². The molecule has 1 aliphatic rings. The number of imide groups is 1.